The monoisotopic (exact) mass is 376 g/mol. The Balaban J connectivity index is 1.63. The van der Waals surface area contributed by atoms with E-state index >= 15 is 0 Å². The van der Waals surface area contributed by atoms with E-state index in [0.717, 1.165) is 22.2 Å². The Bertz CT molecular complexity index is 1130. The van der Waals surface area contributed by atoms with Gasteiger partial charge in [0.1, 0.15) is 24.2 Å². The lowest BCUT2D eigenvalue weighted by molar-refractivity contribution is -0.122. The summed E-state index contributed by atoms with van der Waals surface area (Å²) in [7, 11) is 1.87. The van der Waals surface area contributed by atoms with Gasteiger partial charge in [-0.1, -0.05) is 30.3 Å². The molecule has 2 aromatic heterocycles. The quantitative estimate of drug-likeness (QED) is 0.577. The summed E-state index contributed by atoms with van der Waals surface area (Å²) in [6, 6.07) is 15.7. The van der Waals surface area contributed by atoms with Crippen molar-refractivity contribution in [3.05, 3.63) is 89.9 Å². The zero-order chi connectivity index (χ0) is 19.7. The summed E-state index contributed by atoms with van der Waals surface area (Å²) in [5, 5.41) is 4.16. The van der Waals surface area contributed by atoms with Crippen molar-refractivity contribution in [3.63, 3.8) is 0 Å². The molecule has 0 aliphatic heterocycles. The van der Waals surface area contributed by atoms with Crippen LogP contribution in [0.4, 0.5) is 4.39 Å². The topological polar surface area (TPSA) is 51.9 Å². The number of imidazole rings is 1. The first-order valence-electron chi connectivity index (χ1n) is 9.10. The van der Waals surface area contributed by atoms with Crippen LogP contribution in [0.25, 0.3) is 10.9 Å². The maximum absolute atomic E-state index is 13.4. The van der Waals surface area contributed by atoms with Crippen molar-refractivity contribution in [2.24, 2.45) is 7.05 Å². The minimum Gasteiger partial charge on any atom is -0.341 e. The highest BCUT2D eigenvalue weighted by Crippen LogP contribution is 2.22. The molecule has 4 rings (SSSR count). The van der Waals surface area contributed by atoms with E-state index in [1.54, 1.807) is 18.3 Å². The summed E-state index contributed by atoms with van der Waals surface area (Å²) in [5.74, 6) is 0.235. The van der Waals surface area contributed by atoms with Crippen molar-refractivity contribution in [3.8, 4) is 0 Å². The number of nitrogens with one attached hydrogen (secondary N) is 1. The molecule has 1 atom stereocenters. The number of fused-ring (bicyclic) bond motifs is 1. The molecule has 0 spiro atoms. The Morgan fingerprint density at radius 2 is 1.93 bits per heavy atom. The first kappa shape index (κ1) is 18.0. The number of amides is 1. The fraction of sp³-hybridized carbons (Fsp3) is 0.182. The third-order valence-corrected chi connectivity index (χ3v) is 4.94. The zero-order valence-corrected chi connectivity index (χ0v) is 15.8. The van der Waals surface area contributed by atoms with Gasteiger partial charge in [-0.3, -0.25) is 4.79 Å². The van der Waals surface area contributed by atoms with Crippen molar-refractivity contribution in [1.82, 2.24) is 19.4 Å². The number of hydrogen-bond acceptors (Lipinski definition) is 2. The van der Waals surface area contributed by atoms with Crippen molar-refractivity contribution >= 4 is 16.8 Å². The summed E-state index contributed by atoms with van der Waals surface area (Å²) in [6.45, 7) is 2.19. The average Bonchev–Trinajstić information content (AvgIpc) is 3.24. The van der Waals surface area contributed by atoms with Crippen molar-refractivity contribution in [1.29, 1.82) is 0 Å². The van der Waals surface area contributed by atoms with Gasteiger partial charge in [0.05, 0.1) is 0 Å². The van der Waals surface area contributed by atoms with Crippen LogP contribution >= 0.6 is 0 Å². The van der Waals surface area contributed by atoms with E-state index in [-0.39, 0.29) is 18.3 Å². The van der Waals surface area contributed by atoms with E-state index in [4.69, 9.17) is 0 Å². The lowest BCUT2D eigenvalue weighted by Crippen LogP contribution is -2.33. The first-order chi connectivity index (χ1) is 13.5. The number of halogens is 1. The van der Waals surface area contributed by atoms with Crippen LogP contribution in [0, 0.1) is 12.7 Å². The third-order valence-electron chi connectivity index (χ3n) is 4.94. The molecule has 5 nitrogen and oxygen atoms in total. The van der Waals surface area contributed by atoms with Gasteiger partial charge in [-0.15, -0.1) is 0 Å². The van der Waals surface area contributed by atoms with E-state index < -0.39 is 6.04 Å². The smallest absolute Gasteiger partial charge is 0.240 e. The number of nitrogens with zero attached hydrogens (tertiary/aromatic N) is 3. The number of aryl methyl sites for hydroxylation is 2. The van der Waals surface area contributed by atoms with Crippen LogP contribution in [-0.4, -0.2) is 20.0 Å². The van der Waals surface area contributed by atoms with Gasteiger partial charge in [-0.25, -0.2) is 9.37 Å². The number of para-hydroxylation sites is 1. The molecule has 0 saturated heterocycles. The fourth-order valence-electron chi connectivity index (χ4n) is 3.52. The Hall–Kier alpha value is -3.41. The normalized spacial score (nSPS) is 12.2. The van der Waals surface area contributed by atoms with E-state index in [1.165, 1.54) is 12.1 Å². The van der Waals surface area contributed by atoms with Crippen LogP contribution in [0.2, 0.25) is 0 Å². The molecule has 6 heteroatoms. The predicted octanol–water partition coefficient (Wildman–Crippen LogP) is 3.73. The molecule has 1 N–H and O–H groups in total. The molecule has 2 heterocycles. The molecule has 4 aromatic rings. The second kappa shape index (κ2) is 7.31. The average molecular weight is 376 g/mol. The van der Waals surface area contributed by atoms with Gasteiger partial charge >= 0.3 is 0 Å². The summed E-state index contributed by atoms with van der Waals surface area (Å²) in [6.07, 6.45) is 3.50. The molecule has 1 amide bonds. The van der Waals surface area contributed by atoms with E-state index in [1.807, 2.05) is 53.6 Å². The molecule has 0 aliphatic carbocycles. The van der Waals surface area contributed by atoms with Gasteiger partial charge < -0.3 is 14.5 Å². The fourth-order valence-corrected chi connectivity index (χ4v) is 3.52. The van der Waals surface area contributed by atoms with E-state index in [2.05, 4.69) is 16.4 Å². The summed E-state index contributed by atoms with van der Waals surface area (Å²) in [4.78, 5) is 17.3. The molecule has 28 heavy (non-hydrogen) atoms. The Morgan fingerprint density at radius 3 is 2.64 bits per heavy atom. The minimum atomic E-state index is -0.463. The highest BCUT2D eigenvalue weighted by atomic mass is 19.1. The highest BCUT2D eigenvalue weighted by Gasteiger charge is 2.21. The largest absolute Gasteiger partial charge is 0.341 e. The third kappa shape index (κ3) is 3.41. The van der Waals surface area contributed by atoms with Gasteiger partial charge in [-0.2, -0.15) is 0 Å². The molecule has 0 bridgehead atoms. The second-order valence-corrected chi connectivity index (χ2v) is 6.88. The SMILES string of the molecule is Cc1cc2ccccc2n1CC(=O)NC(c1ccc(F)cc1)c1nccn1C. The Morgan fingerprint density at radius 1 is 1.18 bits per heavy atom. The van der Waals surface area contributed by atoms with Crippen LogP contribution in [-0.2, 0) is 18.4 Å². The molecular formula is C22H21FN4O. The van der Waals surface area contributed by atoms with Crippen LogP contribution in [0.3, 0.4) is 0 Å². The van der Waals surface area contributed by atoms with Gasteiger partial charge in [0, 0.05) is 30.7 Å². The van der Waals surface area contributed by atoms with Crippen molar-refractivity contribution in [2.45, 2.75) is 19.5 Å². The molecule has 0 saturated carbocycles. The molecule has 0 aliphatic rings. The number of carbonyl (C=O) groups excluding carboxylic acids is 1. The zero-order valence-electron chi connectivity index (χ0n) is 15.8. The van der Waals surface area contributed by atoms with Gasteiger partial charge in [0.2, 0.25) is 5.91 Å². The molecule has 0 radical (unpaired) electrons. The maximum Gasteiger partial charge on any atom is 0.240 e. The number of rotatable bonds is 5. The Kier molecular flexibility index (Phi) is 4.69. The summed E-state index contributed by atoms with van der Waals surface area (Å²) in [5.41, 5.74) is 2.82. The van der Waals surface area contributed by atoms with Crippen LogP contribution in [0.1, 0.15) is 23.1 Å². The van der Waals surface area contributed by atoms with Crippen LogP contribution in [0.15, 0.2) is 67.0 Å². The second-order valence-electron chi connectivity index (χ2n) is 6.88. The first-order valence-corrected chi connectivity index (χ1v) is 9.10. The standard InChI is InChI=1S/C22H21FN4O/c1-15-13-17-5-3-4-6-19(17)27(15)14-20(28)25-21(22-24-11-12-26(22)2)16-7-9-18(23)10-8-16/h3-13,21H,14H2,1-2H3,(H,25,28). The number of benzene rings is 2. The van der Waals surface area contributed by atoms with E-state index in [0.29, 0.717) is 5.82 Å². The number of carbonyl (C=O) groups is 1. The highest BCUT2D eigenvalue weighted by molar-refractivity contribution is 5.84. The lowest BCUT2D eigenvalue weighted by Gasteiger charge is -2.20. The van der Waals surface area contributed by atoms with Gasteiger partial charge in [-0.05, 0) is 42.1 Å². The molecule has 0 fully saturated rings. The summed E-state index contributed by atoms with van der Waals surface area (Å²) < 4.78 is 17.2. The van der Waals surface area contributed by atoms with Crippen LogP contribution < -0.4 is 5.32 Å². The number of aromatic nitrogens is 3. The molecule has 2 aromatic carbocycles. The van der Waals surface area contributed by atoms with Gasteiger partial charge in [0.25, 0.3) is 0 Å². The number of hydrogen-bond donors (Lipinski definition) is 1. The molecular weight excluding hydrogens is 355 g/mol. The molecule has 142 valence electrons. The van der Waals surface area contributed by atoms with Crippen LogP contribution in [0.5, 0.6) is 0 Å². The van der Waals surface area contributed by atoms with Crippen molar-refractivity contribution in [2.75, 3.05) is 0 Å². The Labute approximate surface area is 162 Å². The maximum atomic E-state index is 13.4. The summed E-state index contributed by atoms with van der Waals surface area (Å²) >= 11 is 0. The minimum absolute atomic E-state index is 0.137. The molecule has 1 unspecified atom stereocenters. The lowest BCUT2D eigenvalue weighted by atomic mass is 10.1. The van der Waals surface area contributed by atoms with Gasteiger partial charge in [0.15, 0.2) is 0 Å². The predicted molar refractivity (Wildman–Crippen MR) is 106 cm³/mol. The van der Waals surface area contributed by atoms with E-state index in [9.17, 15) is 9.18 Å². The van der Waals surface area contributed by atoms with Crippen molar-refractivity contribution < 1.29 is 9.18 Å².